The largest absolute Gasteiger partial charge is 0.496 e. The van der Waals surface area contributed by atoms with E-state index >= 15 is 0 Å². The number of halogens is 1. The van der Waals surface area contributed by atoms with E-state index < -0.39 is 23.8 Å². The maximum atomic E-state index is 13.8. The topological polar surface area (TPSA) is 77.8 Å². The lowest BCUT2D eigenvalue weighted by atomic mass is 10.1. The van der Waals surface area contributed by atoms with Crippen LogP contribution in [0.15, 0.2) is 46.9 Å². The minimum absolute atomic E-state index is 0.0137. The van der Waals surface area contributed by atoms with Gasteiger partial charge in [0.25, 0.3) is 5.91 Å². The second-order valence-electron chi connectivity index (χ2n) is 6.25. The van der Waals surface area contributed by atoms with Gasteiger partial charge in [-0.2, -0.15) is 0 Å². The number of methoxy groups -OCH3 is 1. The third kappa shape index (κ3) is 3.83. The highest BCUT2D eigenvalue weighted by atomic mass is 19.1. The van der Waals surface area contributed by atoms with Crippen molar-refractivity contribution in [3.63, 3.8) is 0 Å². The number of carbonyl (C=O) groups excluding carboxylic acids is 2. The highest BCUT2D eigenvalue weighted by Crippen LogP contribution is 2.28. The molecule has 3 rings (SSSR count). The molecule has 0 aliphatic rings. The van der Waals surface area contributed by atoms with E-state index in [0.717, 1.165) is 5.56 Å². The van der Waals surface area contributed by atoms with Crippen LogP contribution in [0.2, 0.25) is 0 Å². The molecule has 1 heterocycles. The molecule has 1 aromatic heterocycles. The van der Waals surface area contributed by atoms with Crippen LogP contribution < -0.4 is 10.1 Å². The molecule has 7 heteroatoms. The number of carbonyl (C=O) groups is 2. The SMILES string of the molecule is COc1ccccc1CNC(=O)[C@H](C)OC(=O)c1oc2c(F)cccc2c1C. The lowest BCUT2D eigenvalue weighted by molar-refractivity contribution is -0.129. The Kier molecular flexibility index (Phi) is 5.63. The van der Waals surface area contributed by atoms with E-state index in [4.69, 9.17) is 13.9 Å². The fourth-order valence-electron chi connectivity index (χ4n) is 2.85. The van der Waals surface area contributed by atoms with Gasteiger partial charge in [0.2, 0.25) is 5.76 Å². The minimum atomic E-state index is -1.06. The molecule has 146 valence electrons. The van der Waals surface area contributed by atoms with E-state index in [1.807, 2.05) is 18.2 Å². The van der Waals surface area contributed by atoms with Crippen molar-refractivity contribution in [3.8, 4) is 5.75 Å². The first kappa shape index (κ1) is 19.4. The summed E-state index contributed by atoms with van der Waals surface area (Å²) in [6, 6.07) is 11.7. The Morgan fingerprint density at radius 1 is 1.18 bits per heavy atom. The Morgan fingerprint density at radius 2 is 1.93 bits per heavy atom. The first-order valence-corrected chi connectivity index (χ1v) is 8.70. The molecule has 0 radical (unpaired) electrons. The summed E-state index contributed by atoms with van der Waals surface area (Å²) in [6.45, 7) is 3.31. The Bertz CT molecular complexity index is 1030. The van der Waals surface area contributed by atoms with E-state index in [2.05, 4.69) is 5.32 Å². The van der Waals surface area contributed by atoms with Crippen LogP contribution in [0.5, 0.6) is 5.75 Å². The lowest BCUT2D eigenvalue weighted by Crippen LogP contribution is -2.35. The van der Waals surface area contributed by atoms with Gasteiger partial charge in [0.1, 0.15) is 5.75 Å². The summed E-state index contributed by atoms with van der Waals surface area (Å²) < 4.78 is 29.6. The van der Waals surface area contributed by atoms with Crippen LogP contribution in [0.25, 0.3) is 11.0 Å². The highest BCUT2D eigenvalue weighted by molar-refractivity contribution is 5.97. The zero-order valence-corrected chi connectivity index (χ0v) is 15.7. The molecule has 0 aliphatic heterocycles. The highest BCUT2D eigenvalue weighted by Gasteiger charge is 2.25. The second-order valence-corrected chi connectivity index (χ2v) is 6.25. The Hall–Kier alpha value is -3.35. The molecule has 2 aromatic carbocycles. The zero-order valence-electron chi connectivity index (χ0n) is 15.7. The first-order chi connectivity index (χ1) is 13.4. The normalized spacial score (nSPS) is 11.9. The van der Waals surface area contributed by atoms with E-state index in [-0.39, 0.29) is 17.9 Å². The quantitative estimate of drug-likeness (QED) is 0.654. The predicted molar refractivity (Wildman–Crippen MR) is 101 cm³/mol. The fourth-order valence-corrected chi connectivity index (χ4v) is 2.85. The van der Waals surface area contributed by atoms with Crippen molar-refractivity contribution in [1.29, 1.82) is 0 Å². The number of ether oxygens (including phenoxy) is 2. The molecular weight excluding hydrogens is 365 g/mol. The second kappa shape index (κ2) is 8.12. The summed E-state index contributed by atoms with van der Waals surface area (Å²) in [4.78, 5) is 24.7. The molecule has 0 bridgehead atoms. The Balaban J connectivity index is 1.66. The number of aryl methyl sites for hydroxylation is 1. The van der Waals surface area contributed by atoms with Gasteiger partial charge in [0.05, 0.1) is 7.11 Å². The predicted octanol–water partition coefficient (Wildman–Crippen LogP) is 3.75. The smallest absolute Gasteiger partial charge is 0.375 e. The summed E-state index contributed by atoms with van der Waals surface area (Å²) in [6.07, 6.45) is -1.06. The van der Waals surface area contributed by atoms with Crippen LogP contribution >= 0.6 is 0 Å². The molecule has 0 saturated carbocycles. The molecule has 0 spiro atoms. The van der Waals surface area contributed by atoms with Gasteiger partial charge in [-0.25, -0.2) is 9.18 Å². The van der Waals surface area contributed by atoms with Crippen molar-refractivity contribution in [2.45, 2.75) is 26.5 Å². The van der Waals surface area contributed by atoms with E-state index in [1.165, 1.54) is 19.1 Å². The molecule has 1 N–H and O–H groups in total. The van der Waals surface area contributed by atoms with Gasteiger partial charge in [-0.3, -0.25) is 4.79 Å². The van der Waals surface area contributed by atoms with Crippen molar-refractivity contribution in [3.05, 3.63) is 65.2 Å². The minimum Gasteiger partial charge on any atom is -0.496 e. The molecule has 1 amide bonds. The number of nitrogens with one attached hydrogen (secondary N) is 1. The van der Waals surface area contributed by atoms with E-state index in [0.29, 0.717) is 16.7 Å². The summed E-state index contributed by atoms with van der Waals surface area (Å²) in [5.41, 5.74) is 1.24. The fraction of sp³-hybridized carbons (Fsp3) is 0.238. The Labute approximate surface area is 161 Å². The van der Waals surface area contributed by atoms with Crippen LogP contribution in [-0.2, 0) is 16.1 Å². The van der Waals surface area contributed by atoms with Crippen LogP contribution in [0.4, 0.5) is 4.39 Å². The molecule has 0 unspecified atom stereocenters. The number of hydrogen-bond donors (Lipinski definition) is 1. The van der Waals surface area contributed by atoms with Crippen molar-refractivity contribution in [1.82, 2.24) is 5.32 Å². The van der Waals surface area contributed by atoms with E-state index in [9.17, 15) is 14.0 Å². The van der Waals surface area contributed by atoms with Gasteiger partial charge in [-0.05, 0) is 26.0 Å². The summed E-state index contributed by atoms with van der Waals surface area (Å²) in [5, 5.41) is 3.18. The molecule has 28 heavy (non-hydrogen) atoms. The number of hydrogen-bond acceptors (Lipinski definition) is 5. The van der Waals surface area contributed by atoms with Crippen LogP contribution in [0, 0.1) is 12.7 Å². The average molecular weight is 385 g/mol. The monoisotopic (exact) mass is 385 g/mol. The Morgan fingerprint density at radius 3 is 2.64 bits per heavy atom. The van der Waals surface area contributed by atoms with Crippen molar-refractivity contribution in [2.75, 3.05) is 7.11 Å². The third-order valence-electron chi connectivity index (χ3n) is 4.40. The maximum Gasteiger partial charge on any atom is 0.375 e. The van der Waals surface area contributed by atoms with Crippen LogP contribution in [0.1, 0.15) is 28.6 Å². The molecule has 3 aromatic rings. The molecule has 0 saturated heterocycles. The number of fused-ring (bicyclic) bond motifs is 1. The lowest BCUT2D eigenvalue weighted by Gasteiger charge is -2.14. The van der Waals surface area contributed by atoms with Crippen molar-refractivity contribution < 1.29 is 27.9 Å². The number of amides is 1. The number of furan rings is 1. The van der Waals surface area contributed by atoms with Gasteiger partial charge in [0, 0.05) is 23.1 Å². The van der Waals surface area contributed by atoms with Gasteiger partial charge >= 0.3 is 5.97 Å². The van der Waals surface area contributed by atoms with E-state index in [1.54, 1.807) is 26.2 Å². The summed E-state index contributed by atoms with van der Waals surface area (Å²) in [5.74, 6) is -1.34. The van der Waals surface area contributed by atoms with Crippen molar-refractivity contribution in [2.24, 2.45) is 0 Å². The van der Waals surface area contributed by atoms with Gasteiger partial charge in [-0.1, -0.05) is 30.3 Å². The first-order valence-electron chi connectivity index (χ1n) is 8.70. The van der Waals surface area contributed by atoms with Crippen LogP contribution in [0.3, 0.4) is 0 Å². The molecule has 1 atom stereocenters. The number of esters is 1. The molecule has 6 nitrogen and oxygen atoms in total. The maximum absolute atomic E-state index is 13.8. The average Bonchev–Trinajstić information content (AvgIpc) is 3.04. The number of rotatable bonds is 6. The summed E-state index contributed by atoms with van der Waals surface area (Å²) >= 11 is 0. The van der Waals surface area contributed by atoms with Gasteiger partial charge < -0.3 is 19.2 Å². The van der Waals surface area contributed by atoms with Gasteiger partial charge in [0.15, 0.2) is 17.5 Å². The van der Waals surface area contributed by atoms with Gasteiger partial charge in [-0.15, -0.1) is 0 Å². The standard InChI is InChI=1S/C21H20FNO5/c1-12-15-8-6-9-16(22)19(15)28-18(12)21(25)27-13(2)20(24)23-11-14-7-4-5-10-17(14)26-3/h4-10,13H,11H2,1-3H3,(H,23,24)/t13-/m0/s1. The number of benzene rings is 2. The summed E-state index contributed by atoms with van der Waals surface area (Å²) in [7, 11) is 1.55. The van der Waals surface area contributed by atoms with Crippen molar-refractivity contribution >= 4 is 22.8 Å². The molecular formula is C21H20FNO5. The van der Waals surface area contributed by atoms with Crippen LogP contribution in [-0.4, -0.2) is 25.1 Å². The molecule has 0 fully saturated rings. The molecule has 0 aliphatic carbocycles. The third-order valence-corrected chi connectivity index (χ3v) is 4.40. The zero-order chi connectivity index (χ0) is 20.3. The number of para-hydroxylation sites is 2.